The van der Waals surface area contributed by atoms with Gasteiger partial charge in [0, 0.05) is 32.8 Å². The molecule has 0 aliphatic rings. The van der Waals surface area contributed by atoms with Crippen molar-refractivity contribution in [1.82, 2.24) is 15.2 Å². The normalized spacial score (nSPS) is 12.9. The number of hydrogen-bond donors (Lipinski definition) is 4. The first-order valence-corrected chi connectivity index (χ1v) is 13.9. The Bertz CT molecular complexity index is 1280. The monoisotopic (exact) mass is 571 g/mol. The standard InChI is InChI=1S/C27H33ClF3N3O3S/c1-3-34(4-2)13-5-11-32-12-10-19(35)16-38-25-24(21-15-18(28)7-9-23(21)36)20-14-17(27(29,30)31)6-8-22(20)33-26(25)37/h6-9,14-15,19,32,35-36H,3-5,10-13,16H2,1-2H3,(H,33,37). The maximum atomic E-state index is 13.5. The highest BCUT2D eigenvalue weighted by atomic mass is 35.5. The van der Waals surface area contributed by atoms with Crippen molar-refractivity contribution in [3.8, 4) is 16.9 Å². The van der Waals surface area contributed by atoms with Crippen LogP contribution in [0, 0.1) is 0 Å². The summed E-state index contributed by atoms with van der Waals surface area (Å²) in [4.78, 5) is 18.1. The Morgan fingerprint density at radius 3 is 2.55 bits per heavy atom. The minimum atomic E-state index is -4.60. The molecule has 6 nitrogen and oxygen atoms in total. The lowest BCUT2D eigenvalue weighted by molar-refractivity contribution is -0.137. The fourth-order valence-corrected chi connectivity index (χ4v) is 5.43. The van der Waals surface area contributed by atoms with Crippen molar-refractivity contribution < 1.29 is 23.4 Å². The first-order chi connectivity index (χ1) is 18.0. The minimum Gasteiger partial charge on any atom is -0.507 e. The third-order valence-electron chi connectivity index (χ3n) is 6.32. The Balaban J connectivity index is 1.82. The van der Waals surface area contributed by atoms with E-state index in [0.29, 0.717) is 13.0 Å². The number of aromatic hydroxyl groups is 1. The molecule has 0 saturated carbocycles. The van der Waals surface area contributed by atoms with E-state index in [2.05, 4.69) is 29.0 Å². The van der Waals surface area contributed by atoms with Gasteiger partial charge in [0.2, 0.25) is 0 Å². The molecule has 0 aliphatic heterocycles. The fraction of sp³-hybridized carbons (Fsp3) is 0.444. The number of hydrogen-bond acceptors (Lipinski definition) is 6. The van der Waals surface area contributed by atoms with E-state index in [1.807, 2.05) is 0 Å². The first kappa shape index (κ1) is 30.3. The number of fused-ring (bicyclic) bond motifs is 1. The van der Waals surface area contributed by atoms with Crippen LogP contribution in [0.2, 0.25) is 5.02 Å². The van der Waals surface area contributed by atoms with E-state index in [9.17, 15) is 28.2 Å². The van der Waals surface area contributed by atoms with Gasteiger partial charge in [-0.1, -0.05) is 25.4 Å². The number of aliphatic hydroxyl groups excluding tert-OH is 1. The Labute approximate surface area is 229 Å². The summed E-state index contributed by atoms with van der Waals surface area (Å²) in [5.41, 5.74) is -0.946. The summed E-state index contributed by atoms with van der Waals surface area (Å²) in [6.45, 7) is 8.67. The van der Waals surface area contributed by atoms with Gasteiger partial charge in [-0.3, -0.25) is 4.79 Å². The molecule has 208 valence electrons. The number of nitrogens with zero attached hydrogens (tertiary/aromatic N) is 1. The predicted molar refractivity (Wildman–Crippen MR) is 148 cm³/mol. The van der Waals surface area contributed by atoms with Gasteiger partial charge < -0.3 is 25.4 Å². The van der Waals surface area contributed by atoms with E-state index in [0.717, 1.165) is 56.5 Å². The predicted octanol–water partition coefficient (Wildman–Crippen LogP) is 5.74. The number of pyridine rings is 1. The van der Waals surface area contributed by atoms with Crippen LogP contribution in [0.5, 0.6) is 5.75 Å². The van der Waals surface area contributed by atoms with Gasteiger partial charge in [-0.25, -0.2) is 0 Å². The van der Waals surface area contributed by atoms with Crippen LogP contribution in [-0.2, 0) is 6.18 Å². The number of benzene rings is 2. The van der Waals surface area contributed by atoms with Crippen LogP contribution in [0.3, 0.4) is 0 Å². The molecule has 1 unspecified atom stereocenters. The van der Waals surface area contributed by atoms with E-state index >= 15 is 0 Å². The number of aromatic nitrogens is 1. The first-order valence-electron chi connectivity index (χ1n) is 12.5. The number of H-pyrrole nitrogens is 1. The van der Waals surface area contributed by atoms with Gasteiger partial charge in [-0.05, 0) is 82.0 Å². The molecular weight excluding hydrogens is 539 g/mol. The molecule has 0 amide bonds. The van der Waals surface area contributed by atoms with Crippen molar-refractivity contribution in [1.29, 1.82) is 0 Å². The lowest BCUT2D eigenvalue weighted by Gasteiger charge is -2.18. The molecule has 0 aliphatic carbocycles. The average Bonchev–Trinajstić information content (AvgIpc) is 2.87. The molecule has 0 fully saturated rings. The van der Waals surface area contributed by atoms with Crippen LogP contribution in [0.15, 0.2) is 46.1 Å². The molecule has 0 radical (unpaired) electrons. The highest BCUT2D eigenvalue weighted by Gasteiger charge is 2.31. The molecule has 11 heteroatoms. The molecule has 0 saturated heterocycles. The number of thioether (sulfide) groups is 1. The molecule has 0 bridgehead atoms. The van der Waals surface area contributed by atoms with Crippen molar-refractivity contribution in [2.45, 2.75) is 43.9 Å². The van der Waals surface area contributed by atoms with Gasteiger partial charge in [0.15, 0.2) is 0 Å². The zero-order valence-electron chi connectivity index (χ0n) is 21.4. The summed E-state index contributed by atoms with van der Waals surface area (Å²) >= 11 is 7.17. The maximum Gasteiger partial charge on any atom is 0.416 e. The maximum absolute atomic E-state index is 13.5. The van der Waals surface area contributed by atoms with Gasteiger partial charge in [0.25, 0.3) is 5.56 Å². The van der Waals surface area contributed by atoms with Crippen molar-refractivity contribution in [3.63, 3.8) is 0 Å². The quantitative estimate of drug-likeness (QED) is 0.155. The van der Waals surface area contributed by atoms with Gasteiger partial charge in [-0.2, -0.15) is 13.2 Å². The van der Waals surface area contributed by atoms with Crippen LogP contribution >= 0.6 is 23.4 Å². The number of phenols is 1. The summed E-state index contributed by atoms with van der Waals surface area (Å²) in [6, 6.07) is 7.22. The van der Waals surface area contributed by atoms with Gasteiger partial charge >= 0.3 is 6.18 Å². The second kappa shape index (κ2) is 13.7. The summed E-state index contributed by atoms with van der Waals surface area (Å²) in [6.07, 6.45) is -3.92. The Kier molecular flexibility index (Phi) is 10.9. The number of phenolic OH excluding ortho intramolecular Hbond substituents is 1. The van der Waals surface area contributed by atoms with E-state index < -0.39 is 23.4 Å². The number of alkyl halides is 3. The number of rotatable bonds is 13. The number of aromatic amines is 1. The third-order valence-corrected chi connectivity index (χ3v) is 7.79. The molecule has 1 atom stereocenters. The highest BCUT2D eigenvalue weighted by Crippen LogP contribution is 2.42. The van der Waals surface area contributed by atoms with Crippen LogP contribution < -0.4 is 10.9 Å². The minimum absolute atomic E-state index is 0.0978. The Morgan fingerprint density at radius 1 is 1.13 bits per heavy atom. The van der Waals surface area contributed by atoms with E-state index in [-0.39, 0.29) is 43.5 Å². The van der Waals surface area contributed by atoms with Crippen LogP contribution in [0.1, 0.15) is 32.3 Å². The summed E-state index contributed by atoms with van der Waals surface area (Å²) in [5, 5.41) is 24.8. The van der Waals surface area contributed by atoms with Crippen molar-refractivity contribution >= 4 is 34.3 Å². The second-order valence-corrected chi connectivity index (χ2v) is 10.4. The molecule has 3 rings (SSSR count). The van der Waals surface area contributed by atoms with Crippen molar-refractivity contribution in [3.05, 3.63) is 57.3 Å². The summed E-state index contributed by atoms with van der Waals surface area (Å²) in [7, 11) is 0. The van der Waals surface area contributed by atoms with E-state index in [1.165, 1.54) is 24.3 Å². The summed E-state index contributed by atoms with van der Waals surface area (Å²) in [5.74, 6) is -0.0850. The molecule has 4 N–H and O–H groups in total. The smallest absolute Gasteiger partial charge is 0.416 e. The van der Waals surface area contributed by atoms with Gasteiger partial charge in [-0.15, -0.1) is 11.8 Å². The molecule has 1 heterocycles. The largest absolute Gasteiger partial charge is 0.507 e. The summed E-state index contributed by atoms with van der Waals surface area (Å²) < 4.78 is 40.5. The topological polar surface area (TPSA) is 88.6 Å². The van der Waals surface area contributed by atoms with Crippen molar-refractivity contribution in [2.24, 2.45) is 0 Å². The lowest BCUT2D eigenvalue weighted by atomic mass is 9.98. The Hall–Kier alpha value is -2.24. The fourth-order valence-electron chi connectivity index (χ4n) is 4.19. The van der Waals surface area contributed by atoms with E-state index in [4.69, 9.17) is 11.6 Å². The molecular formula is C27H33ClF3N3O3S. The van der Waals surface area contributed by atoms with E-state index in [1.54, 1.807) is 0 Å². The zero-order valence-corrected chi connectivity index (χ0v) is 22.9. The highest BCUT2D eigenvalue weighted by molar-refractivity contribution is 7.99. The second-order valence-electron chi connectivity index (χ2n) is 8.96. The SMILES string of the molecule is CCN(CC)CCCNCCC(O)CSc1c(-c2cc(Cl)ccc2O)c2cc(C(F)(F)F)ccc2[nH]c1=O. The average molecular weight is 572 g/mol. The molecule has 38 heavy (non-hydrogen) atoms. The van der Waals surface area contributed by atoms with Crippen LogP contribution in [0.25, 0.3) is 22.0 Å². The Morgan fingerprint density at radius 2 is 1.87 bits per heavy atom. The van der Waals surface area contributed by atoms with Crippen LogP contribution in [-0.4, -0.2) is 64.7 Å². The number of nitrogens with one attached hydrogen (secondary N) is 2. The molecule has 2 aromatic carbocycles. The third kappa shape index (κ3) is 7.89. The molecule has 3 aromatic rings. The number of aliphatic hydroxyl groups is 1. The molecule has 1 aromatic heterocycles. The molecule has 0 spiro atoms. The van der Waals surface area contributed by atoms with Crippen LogP contribution in [0.4, 0.5) is 13.2 Å². The van der Waals surface area contributed by atoms with Crippen molar-refractivity contribution in [2.75, 3.05) is 38.5 Å². The number of halogens is 4. The van der Waals surface area contributed by atoms with Gasteiger partial charge in [0.05, 0.1) is 16.6 Å². The zero-order chi connectivity index (χ0) is 27.9. The lowest BCUT2D eigenvalue weighted by Crippen LogP contribution is -2.28. The van der Waals surface area contributed by atoms with Gasteiger partial charge in [0.1, 0.15) is 5.75 Å².